The van der Waals surface area contributed by atoms with E-state index in [2.05, 4.69) is 39.9 Å². The molecule has 0 bridgehead atoms. The first-order valence-electron chi connectivity index (χ1n) is 6.97. The fourth-order valence-corrected chi connectivity index (χ4v) is 2.87. The van der Waals surface area contributed by atoms with Crippen LogP contribution in [0.25, 0.3) is 0 Å². The highest BCUT2D eigenvalue weighted by Crippen LogP contribution is 2.24. The van der Waals surface area contributed by atoms with E-state index in [0.29, 0.717) is 0 Å². The number of ether oxygens (including phenoxy) is 1. The second-order valence-corrected chi connectivity index (χ2v) is 5.66. The van der Waals surface area contributed by atoms with Crippen molar-refractivity contribution >= 4 is 11.8 Å². The van der Waals surface area contributed by atoms with Crippen molar-refractivity contribution < 1.29 is 4.74 Å². The molecule has 1 atom stereocenters. The standard InChI is InChI=1S/C14H21N5OS/c1-4-9-15-13(10-21-14-16-17-18-19(14)2)11-5-7-12(20-3)8-6-11/h5-8,13,15H,4,9-10H2,1-3H3. The van der Waals surface area contributed by atoms with Crippen LogP contribution in [0.4, 0.5) is 0 Å². The summed E-state index contributed by atoms with van der Waals surface area (Å²) in [4.78, 5) is 0. The van der Waals surface area contributed by atoms with Crippen LogP contribution >= 0.6 is 11.8 Å². The third-order valence-corrected chi connectivity index (χ3v) is 4.22. The van der Waals surface area contributed by atoms with E-state index in [9.17, 15) is 0 Å². The molecule has 1 heterocycles. The summed E-state index contributed by atoms with van der Waals surface area (Å²) in [5.74, 6) is 1.75. The molecule has 6 nitrogen and oxygen atoms in total. The van der Waals surface area contributed by atoms with Gasteiger partial charge < -0.3 is 10.1 Å². The van der Waals surface area contributed by atoms with Crippen LogP contribution in [0.2, 0.25) is 0 Å². The van der Waals surface area contributed by atoms with Crippen LogP contribution < -0.4 is 10.1 Å². The summed E-state index contributed by atoms with van der Waals surface area (Å²) in [7, 11) is 3.53. The third-order valence-electron chi connectivity index (χ3n) is 3.12. The van der Waals surface area contributed by atoms with Gasteiger partial charge in [-0.1, -0.05) is 30.8 Å². The lowest BCUT2D eigenvalue weighted by Crippen LogP contribution is -2.24. The molecule has 0 saturated heterocycles. The lowest BCUT2D eigenvalue weighted by atomic mass is 10.1. The summed E-state index contributed by atoms with van der Waals surface area (Å²) in [6.45, 7) is 3.14. The lowest BCUT2D eigenvalue weighted by Gasteiger charge is -2.18. The summed E-state index contributed by atoms with van der Waals surface area (Å²) in [6, 6.07) is 8.44. The highest BCUT2D eigenvalue weighted by Gasteiger charge is 2.13. The highest BCUT2D eigenvalue weighted by molar-refractivity contribution is 7.99. The van der Waals surface area contributed by atoms with Crippen LogP contribution in [-0.2, 0) is 7.05 Å². The normalized spacial score (nSPS) is 12.3. The number of nitrogens with one attached hydrogen (secondary N) is 1. The Balaban J connectivity index is 2.04. The average Bonchev–Trinajstić information content (AvgIpc) is 2.93. The van der Waals surface area contributed by atoms with Crippen LogP contribution in [0.1, 0.15) is 24.9 Å². The molecule has 0 fully saturated rings. The number of tetrazole rings is 1. The predicted octanol–water partition coefficient (Wildman–Crippen LogP) is 2.05. The number of benzene rings is 1. The molecular weight excluding hydrogens is 286 g/mol. The number of nitrogens with zero attached hydrogens (tertiary/aromatic N) is 4. The van der Waals surface area contributed by atoms with Crippen LogP contribution in [0.5, 0.6) is 5.75 Å². The van der Waals surface area contributed by atoms with Gasteiger partial charge >= 0.3 is 0 Å². The van der Waals surface area contributed by atoms with Gasteiger partial charge in [0.25, 0.3) is 0 Å². The SMILES string of the molecule is CCCNC(CSc1nnnn1C)c1ccc(OC)cc1. The van der Waals surface area contributed by atoms with Crippen molar-refractivity contribution in [1.29, 1.82) is 0 Å². The topological polar surface area (TPSA) is 64.9 Å². The Morgan fingerprint density at radius 3 is 2.67 bits per heavy atom. The van der Waals surface area contributed by atoms with Gasteiger partial charge in [-0.2, -0.15) is 0 Å². The van der Waals surface area contributed by atoms with Crippen LogP contribution in [-0.4, -0.2) is 39.6 Å². The molecule has 21 heavy (non-hydrogen) atoms. The maximum atomic E-state index is 5.21. The maximum Gasteiger partial charge on any atom is 0.209 e. The number of aryl methyl sites for hydroxylation is 1. The van der Waals surface area contributed by atoms with E-state index >= 15 is 0 Å². The molecule has 1 aromatic carbocycles. The molecule has 114 valence electrons. The molecule has 2 rings (SSSR count). The monoisotopic (exact) mass is 307 g/mol. The molecule has 1 unspecified atom stereocenters. The second-order valence-electron chi connectivity index (χ2n) is 4.68. The summed E-state index contributed by atoms with van der Waals surface area (Å²) < 4.78 is 6.90. The van der Waals surface area contributed by atoms with Gasteiger partial charge in [-0.3, -0.25) is 0 Å². The first kappa shape index (κ1) is 15.8. The van der Waals surface area contributed by atoms with Gasteiger partial charge in [-0.05, 0) is 41.1 Å². The third kappa shape index (κ3) is 4.44. The molecule has 7 heteroatoms. The number of aromatic nitrogens is 4. The van der Waals surface area contributed by atoms with Crippen LogP contribution in [0.3, 0.4) is 0 Å². The zero-order valence-corrected chi connectivity index (χ0v) is 13.4. The fraction of sp³-hybridized carbons (Fsp3) is 0.500. The van der Waals surface area contributed by atoms with Gasteiger partial charge in [-0.25, -0.2) is 4.68 Å². The van der Waals surface area contributed by atoms with Crippen molar-refractivity contribution in [1.82, 2.24) is 25.5 Å². The van der Waals surface area contributed by atoms with Crippen LogP contribution in [0, 0.1) is 0 Å². The van der Waals surface area contributed by atoms with E-state index in [0.717, 1.165) is 29.6 Å². The van der Waals surface area contributed by atoms with Gasteiger partial charge in [0.1, 0.15) is 5.75 Å². The average molecular weight is 307 g/mol. The Bertz CT molecular complexity index is 543. The maximum absolute atomic E-state index is 5.21. The van der Waals surface area contributed by atoms with Crippen molar-refractivity contribution in [2.75, 3.05) is 19.4 Å². The molecule has 0 aliphatic carbocycles. The smallest absolute Gasteiger partial charge is 0.209 e. The molecular formula is C14H21N5OS. The van der Waals surface area contributed by atoms with Gasteiger partial charge in [0.15, 0.2) is 0 Å². The quantitative estimate of drug-likeness (QED) is 0.753. The van der Waals surface area contributed by atoms with Gasteiger partial charge in [0, 0.05) is 18.8 Å². The van der Waals surface area contributed by atoms with Gasteiger partial charge in [0.2, 0.25) is 5.16 Å². The van der Waals surface area contributed by atoms with Gasteiger partial charge in [0.05, 0.1) is 7.11 Å². The van der Waals surface area contributed by atoms with Crippen molar-refractivity contribution in [3.05, 3.63) is 29.8 Å². The molecule has 0 amide bonds. The van der Waals surface area contributed by atoms with Crippen LogP contribution in [0.15, 0.2) is 29.4 Å². The number of thioether (sulfide) groups is 1. The molecule has 0 aliphatic rings. The molecule has 0 spiro atoms. The van der Waals surface area contributed by atoms with Crippen molar-refractivity contribution in [2.45, 2.75) is 24.5 Å². The predicted molar refractivity (Wildman–Crippen MR) is 83.6 cm³/mol. The largest absolute Gasteiger partial charge is 0.497 e. The van der Waals surface area contributed by atoms with Crippen molar-refractivity contribution in [2.24, 2.45) is 7.05 Å². The minimum atomic E-state index is 0.262. The van der Waals surface area contributed by atoms with Gasteiger partial charge in [-0.15, -0.1) is 5.10 Å². The Hall–Kier alpha value is -1.60. The van der Waals surface area contributed by atoms with Crippen molar-refractivity contribution in [3.63, 3.8) is 0 Å². The lowest BCUT2D eigenvalue weighted by molar-refractivity contribution is 0.414. The van der Waals surface area contributed by atoms with E-state index in [1.165, 1.54) is 5.56 Å². The van der Waals surface area contributed by atoms with Crippen molar-refractivity contribution in [3.8, 4) is 5.75 Å². The first-order chi connectivity index (χ1) is 10.2. The molecule has 0 saturated carbocycles. The highest BCUT2D eigenvalue weighted by atomic mass is 32.2. The minimum Gasteiger partial charge on any atom is -0.497 e. The molecule has 0 radical (unpaired) electrons. The summed E-state index contributed by atoms with van der Waals surface area (Å²) in [6.07, 6.45) is 1.10. The fourth-order valence-electron chi connectivity index (χ4n) is 1.93. The molecule has 0 aliphatic heterocycles. The molecule has 2 aromatic rings. The van der Waals surface area contributed by atoms with E-state index in [-0.39, 0.29) is 6.04 Å². The number of hydrogen-bond acceptors (Lipinski definition) is 6. The van der Waals surface area contributed by atoms with E-state index in [1.807, 2.05) is 19.2 Å². The summed E-state index contributed by atoms with van der Waals surface area (Å²) in [5.41, 5.74) is 1.24. The van der Waals surface area contributed by atoms with E-state index in [1.54, 1.807) is 23.6 Å². The number of methoxy groups -OCH3 is 1. The Morgan fingerprint density at radius 2 is 2.10 bits per heavy atom. The zero-order chi connectivity index (χ0) is 15.1. The molecule has 1 N–H and O–H groups in total. The Morgan fingerprint density at radius 1 is 1.33 bits per heavy atom. The number of hydrogen-bond donors (Lipinski definition) is 1. The number of rotatable bonds is 8. The van der Waals surface area contributed by atoms with E-state index < -0.39 is 0 Å². The Kier molecular flexibility index (Phi) is 6.01. The minimum absolute atomic E-state index is 0.262. The first-order valence-corrected chi connectivity index (χ1v) is 7.95. The Labute approximate surface area is 129 Å². The second kappa shape index (κ2) is 7.99. The summed E-state index contributed by atoms with van der Waals surface area (Å²) >= 11 is 1.65. The molecule has 1 aromatic heterocycles. The van der Waals surface area contributed by atoms with E-state index in [4.69, 9.17) is 4.74 Å². The summed E-state index contributed by atoms with van der Waals surface area (Å²) in [5, 5.41) is 15.9. The zero-order valence-electron chi connectivity index (χ0n) is 12.6.